The minimum Gasteiger partial charge on any atom is -0.466 e. The number of esters is 1. The van der Waals surface area contributed by atoms with Crippen LogP contribution in [0.5, 0.6) is 0 Å². The predicted octanol–water partition coefficient (Wildman–Crippen LogP) is 4.25. The maximum absolute atomic E-state index is 12.5. The van der Waals surface area contributed by atoms with Crippen LogP contribution in [0.25, 0.3) is 6.08 Å². The van der Waals surface area contributed by atoms with Gasteiger partial charge in [-0.15, -0.1) is 0 Å². The van der Waals surface area contributed by atoms with Gasteiger partial charge in [0.25, 0.3) is 0 Å². The molecule has 0 N–H and O–H groups in total. The number of hydrogen-bond donors (Lipinski definition) is 0. The third kappa shape index (κ3) is 4.42. The first kappa shape index (κ1) is 17.2. The summed E-state index contributed by atoms with van der Waals surface area (Å²) in [6, 6.07) is 20.4. The number of benzene rings is 2. The molecule has 0 bridgehead atoms. The van der Waals surface area contributed by atoms with Crippen molar-refractivity contribution in [1.82, 2.24) is 0 Å². The fraction of sp³-hybridized carbons (Fsp3) is 0.250. The van der Waals surface area contributed by atoms with Crippen LogP contribution in [0.4, 0.5) is 0 Å². The van der Waals surface area contributed by atoms with Crippen LogP contribution in [-0.4, -0.2) is 20.7 Å². The highest BCUT2D eigenvalue weighted by atomic mass is 28.3. The molecule has 1 unspecified atom stereocenters. The Hall–Kier alpha value is -2.13. The largest absolute Gasteiger partial charge is 0.466 e. The average Bonchev–Trinajstić information content (AvgIpc) is 2.57. The van der Waals surface area contributed by atoms with Gasteiger partial charge in [0.05, 0.1) is 12.1 Å². The molecular formula is C20H24O2Si. The van der Waals surface area contributed by atoms with Gasteiger partial charge in [0, 0.05) is 0 Å². The van der Waals surface area contributed by atoms with E-state index in [4.69, 9.17) is 4.74 Å². The third-order valence-electron chi connectivity index (χ3n) is 4.12. The maximum Gasteiger partial charge on any atom is 0.310 e. The van der Waals surface area contributed by atoms with Gasteiger partial charge in [-0.25, -0.2) is 0 Å². The van der Waals surface area contributed by atoms with Crippen LogP contribution in [0.2, 0.25) is 18.6 Å². The summed E-state index contributed by atoms with van der Waals surface area (Å²) in [6.07, 6.45) is 4.05. The molecule has 0 amide bonds. The van der Waals surface area contributed by atoms with Crippen molar-refractivity contribution in [3.63, 3.8) is 0 Å². The minimum absolute atomic E-state index is 0.125. The topological polar surface area (TPSA) is 26.3 Å². The monoisotopic (exact) mass is 324 g/mol. The zero-order valence-corrected chi connectivity index (χ0v) is 15.0. The van der Waals surface area contributed by atoms with E-state index in [9.17, 15) is 4.79 Å². The van der Waals surface area contributed by atoms with E-state index in [2.05, 4.69) is 25.2 Å². The first-order valence-corrected chi connectivity index (χ1v) is 11.1. The Morgan fingerprint density at radius 2 is 1.61 bits per heavy atom. The molecule has 0 saturated heterocycles. The van der Waals surface area contributed by atoms with E-state index in [1.807, 2.05) is 67.6 Å². The van der Waals surface area contributed by atoms with E-state index >= 15 is 0 Å². The van der Waals surface area contributed by atoms with Crippen LogP contribution < -0.4 is 5.19 Å². The van der Waals surface area contributed by atoms with Gasteiger partial charge < -0.3 is 4.74 Å². The first-order chi connectivity index (χ1) is 11.1. The molecule has 0 heterocycles. The Kier molecular flexibility index (Phi) is 5.94. The zero-order valence-electron chi connectivity index (χ0n) is 14.0. The highest BCUT2D eigenvalue weighted by Gasteiger charge is 2.37. The van der Waals surface area contributed by atoms with Gasteiger partial charge in [0.15, 0.2) is 0 Å². The summed E-state index contributed by atoms with van der Waals surface area (Å²) in [7, 11) is -2.02. The summed E-state index contributed by atoms with van der Waals surface area (Å²) in [5, 5.41) is 1.26. The van der Waals surface area contributed by atoms with E-state index in [1.54, 1.807) is 0 Å². The second-order valence-corrected chi connectivity index (χ2v) is 10.7. The van der Waals surface area contributed by atoms with E-state index in [0.29, 0.717) is 6.61 Å². The van der Waals surface area contributed by atoms with Crippen molar-refractivity contribution >= 4 is 25.3 Å². The van der Waals surface area contributed by atoms with Gasteiger partial charge in [-0.05, 0) is 12.5 Å². The van der Waals surface area contributed by atoms with Crippen molar-refractivity contribution in [2.45, 2.75) is 25.6 Å². The van der Waals surface area contributed by atoms with Gasteiger partial charge >= 0.3 is 5.97 Å². The second kappa shape index (κ2) is 7.93. The molecule has 23 heavy (non-hydrogen) atoms. The molecule has 2 aromatic carbocycles. The summed E-state index contributed by atoms with van der Waals surface area (Å²) in [5.74, 6) is -0.125. The molecule has 0 radical (unpaired) electrons. The van der Waals surface area contributed by atoms with Crippen LogP contribution in [-0.2, 0) is 9.53 Å². The van der Waals surface area contributed by atoms with Gasteiger partial charge in [-0.1, -0.05) is 91.1 Å². The second-order valence-electron chi connectivity index (χ2n) is 6.09. The quantitative estimate of drug-likeness (QED) is 0.586. The normalized spacial score (nSPS) is 13.0. The molecule has 2 nitrogen and oxygen atoms in total. The molecule has 0 saturated carbocycles. The molecule has 0 aromatic heterocycles. The number of carbonyl (C=O) groups excluding carboxylic acids is 1. The highest BCUT2D eigenvalue weighted by molar-refractivity contribution is 6.93. The van der Waals surface area contributed by atoms with Crippen molar-refractivity contribution in [2.24, 2.45) is 0 Å². The summed E-state index contributed by atoms with van der Waals surface area (Å²) in [6.45, 7) is 6.71. The van der Waals surface area contributed by atoms with Crippen molar-refractivity contribution in [3.05, 3.63) is 72.3 Å². The SMILES string of the molecule is CCOC(=O)C(/C=C/c1ccccc1)[Si](C)(C)c1ccccc1. The molecule has 0 aliphatic rings. The van der Waals surface area contributed by atoms with Crippen molar-refractivity contribution < 1.29 is 9.53 Å². The van der Waals surface area contributed by atoms with E-state index in [0.717, 1.165) is 5.56 Å². The lowest BCUT2D eigenvalue weighted by molar-refractivity contribution is -0.142. The van der Waals surface area contributed by atoms with Crippen LogP contribution in [0.1, 0.15) is 12.5 Å². The van der Waals surface area contributed by atoms with E-state index in [1.165, 1.54) is 5.19 Å². The molecule has 120 valence electrons. The lowest BCUT2D eigenvalue weighted by Crippen LogP contribution is -2.48. The van der Waals surface area contributed by atoms with Gasteiger partial charge in [-0.2, -0.15) is 0 Å². The molecular weight excluding hydrogens is 300 g/mol. The van der Waals surface area contributed by atoms with Crippen LogP contribution in [0, 0.1) is 0 Å². The summed E-state index contributed by atoms with van der Waals surface area (Å²) in [4.78, 5) is 12.5. The molecule has 2 aromatic rings. The number of rotatable bonds is 6. The van der Waals surface area contributed by atoms with Crippen LogP contribution in [0.3, 0.4) is 0 Å². The Morgan fingerprint density at radius 3 is 2.17 bits per heavy atom. The molecule has 0 spiro atoms. The maximum atomic E-state index is 12.5. The average molecular weight is 324 g/mol. The van der Waals surface area contributed by atoms with Crippen molar-refractivity contribution in [1.29, 1.82) is 0 Å². The van der Waals surface area contributed by atoms with Crippen LogP contribution >= 0.6 is 0 Å². The summed E-state index contributed by atoms with van der Waals surface area (Å²) < 4.78 is 5.34. The lowest BCUT2D eigenvalue weighted by Gasteiger charge is -2.29. The first-order valence-electron chi connectivity index (χ1n) is 8.01. The fourth-order valence-electron chi connectivity index (χ4n) is 2.66. The highest BCUT2D eigenvalue weighted by Crippen LogP contribution is 2.26. The Balaban J connectivity index is 2.34. The minimum atomic E-state index is -2.02. The number of carbonyl (C=O) groups is 1. The van der Waals surface area contributed by atoms with E-state index < -0.39 is 8.07 Å². The van der Waals surface area contributed by atoms with Gasteiger partial charge in [0.2, 0.25) is 0 Å². The smallest absolute Gasteiger partial charge is 0.310 e. The van der Waals surface area contributed by atoms with Crippen LogP contribution in [0.15, 0.2) is 66.7 Å². The summed E-state index contributed by atoms with van der Waals surface area (Å²) >= 11 is 0. The lowest BCUT2D eigenvalue weighted by atomic mass is 10.2. The van der Waals surface area contributed by atoms with Gasteiger partial charge in [-0.3, -0.25) is 4.79 Å². The van der Waals surface area contributed by atoms with Crippen molar-refractivity contribution in [2.75, 3.05) is 6.61 Å². The molecule has 0 aliphatic heterocycles. The van der Waals surface area contributed by atoms with E-state index in [-0.39, 0.29) is 11.5 Å². The Morgan fingerprint density at radius 1 is 1.04 bits per heavy atom. The number of hydrogen-bond acceptors (Lipinski definition) is 2. The molecule has 2 rings (SSSR count). The van der Waals surface area contributed by atoms with Crippen molar-refractivity contribution in [3.8, 4) is 0 Å². The third-order valence-corrected chi connectivity index (χ3v) is 7.92. The predicted molar refractivity (Wildman–Crippen MR) is 99.4 cm³/mol. The van der Waals surface area contributed by atoms with Gasteiger partial charge in [0.1, 0.15) is 8.07 Å². The summed E-state index contributed by atoms with van der Waals surface area (Å²) in [5.41, 5.74) is 0.893. The Bertz CT molecular complexity index is 648. The zero-order chi connectivity index (χ0) is 16.7. The molecule has 0 fully saturated rings. The molecule has 3 heteroatoms. The Labute approximate surface area is 139 Å². The fourth-order valence-corrected chi connectivity index (χ4v) is 5.33. The molecule has 1 atom stereocenters. The molecule has 0 aliphatic carbocycles. The number of ether oxygens (including phenoxy) is 1. The standard InChI is InChI=1S/C20H24O2Si/c1-4-22-20(21)19(16-15-17-11-7-5-8-12-17)23(2,3)18-13-9-6-10-14-18/h5-16,19H,4H2,1-3H3/b16-15+.